The lowest BCUT2D eigenvalue weighted by Gasteiger charge is -2.18. The van der Waals surface area contributed by atoms with Crippen LogP contribution in [0.3, 0.4) is 0 Å². The normalized spacial score (nSPS) is 19.5. The average molecular weight is 275 g/mol. The summed E-state index contributed by atoms with van der Waals surface area (Å²) in [5.41, 5.74) is 0. The van der Waals surface area contributed by atoms with E-state index < -0.39 is 0 Å². The summed E-state index contributed by atoms with van der Waals surface area (Å²) in [4.78, 5) is 5.74. The van der Waals surface area contributed by atoms with E-state index in [2.05, 4.69) is 27.6 Å². The Labute approximate surface area is 117 Å². The molecule has 0 amide bonds. The van der Waals surface area contributed by atoms with Gasteiger partial charge in [0.15, 0.2) is 5.82 Å². The third-order valence-corrected chi connectivity index (χ3v) is 4.25. The van der Waals surface area contributed by atoms with Crippen molar-refractivity contribution in [3.63, 3.8) is 0 Å². The fraction of sp³-hybridized carbons (Fsp3) is 0.429. The first-order chi connectivity index (χ1) is 9.42. The van der Waals surface area contributed by atoms with Crippen molar-refractivity contribution in [1.29, 1.82) is 0 Å². The van der Waals surface area contributed by atoms with E-state index in [0.717, 1.165) is 37.0 Å². The van der Waals surface area contributed by atoms with Crippen molar-refractivity contribution in [2.24, 2.45) is 0 Å². The van der Waals surface area contributed by atoms with E-state index in [4.69, 9.17) is 4.52 Å². The van der Waals surface area contributed by atoms with Gasteiger partial charge in [-0.1, -0.05) is 23.4 Å². The van der Waals surface area contributed by atoms with Gasteiger partial charge in [0.2, 0.25) is 5.89 Å². The Kier molecular flexibility index (Phi) is 4.15. The summed E-state index contributed by atoms with van der Waals surface area (Å²) in [7, 11) is 0. The summed E-state index contributed by atoms with van der Waals surface area (Å²) in [6.07, 6.45) is 2.32. The van der Waals surface area contributed by atoms with Crippen molar-refractivity contribution < 1.29 is 4.52 Å². The Morgan fingerprint density at radius 2 is 2.21 bits per heavy atom. The minimum absolute atomic E-state index is 0.386. The monoisotopic (exact) mass is 275 g/mol. The van der Waals surface area contributed by atoms with Gasteiger partial charge in [-0.15, -0.1) is 11.8 Å². The first kappa shape index (κ1) is 12.7. The molecule has 1 fully saturated rings. The van der Waals surface area contributed by atoms with Crippen molar-refractivity contribution in [3.05, 3.63) is 42.0 Å². The zero-order valence-electron chi connectivity index (χ0n) is 10.7. The van der Waals surface area contributed by atoms with E-state index in [9.17, 15) is 0 Å². The van der Waals surface area contributed by atoms with E-state index in [1.54, 1.807) is 11.8 Å². The predicted octanol–water partition coefficient (Wildman–Crippen LogP) is 2.83. The molecule has 5 heteroatoms. The summed E-state index contributed by atoms with van der Waals surface area (Å²) in [5, 5.41) is 7.44. The maximum atomic E-state index is 5.38. The van der Waals surface area contributed by atoms with Crippen LogP contribution >= 0.6 is 11.8 Å². The molecule has 1 atom stereocenters. The molecule has 0 aliphatic carbocycles. The van der Waals surface area contributed by atoms with Crippen LogP contribution in [0.4, 0.5) is 0 Å². The molecule has 1 aromatic heterocycles. The van der Waals surface area contributed by atoms with E-state index >= 15 is 0 Å². The Morgan fingerprint density at radius 1 is 1.32 bits per heavy atom. The van der Waals surface area contributed by atoms with Crippen LogP contribution in [-0.4, -0.2) is 23.2 Å². The third-order valence-electron chi connectivity index (χ3n) is 3.24. The van der Waals surface area contributed by atoms with Crippen molar-refractivity contribution in [2.45, 2.75) is 29.4 Å². The number of thioether (sulfide) groups is 1. The van der Waals surface area contributed by atoms with Crippen LogP contribution in [0.15, 0.2) is 39.8 Å². The molecule has 0 bridgehead atoms. The highest BCUT2D eigenvalue weighted by molar-refractivity contribution is 7.98. The first-order valence-corrected chi connectivity index (χ1v) is 7.61. The molecular weight excluding hydrogens is 258 g/mol. The summed E-state index contributed by atoms with van der Waals surface area (Å²) < 4.78 is 5.38. The molecule has 2 aromatic rings. The number of piperidine rings is 1. The lowest BCUT2D eigenvalue weighted by molar-refractivity contribution is 0.320. The van der Waals surface area contributed by atoms with E-state index in [1.165, 1.54) is 11.3 Å². The van der Waals surface area contributed by atoms with Gasteiger partial charge < -0.3 is 9.84 Å². The smallest absolute Gasteiger partial charge is 0.231 e. The first-order valence-electron chi connectivity index (χ1n) is 6.63. The van der Waals surface area contributed by atoms with Gasteiger partial charge >= 0.3 is 0 Å². The van der Waals surface area contributed by atoms with Gasteiger partial charge in [-0.2, -0.15) is 4.98 Å². The number of nitrogens with one attached hydrogen (secondary N) is 1. The number of hydrogen-bond donors (Lipinski definition) is 1. The van der Waals surface area contributed by atoms with Crippen LogP contribution in [0.5, 0.6) is 0 Å². The molecule has 19 heavy (non-hydrogen) atoms. The molecule has 1 aliphatic rings. The zero-order valence-corrected chi connectivity index (χ0v) is 11.5. The molecule has 2 heterocycles. The fourth-order valence-electron chi connectivity index (χ4n) is 2.22. The molecule has 0 radical (unpaired) electrons. The summed E-state index contributed by atoms with van der Waals surface area (Å²) in [5.74, 6) is 2.72. The molecule has 1 N–H and O–H groups in total. The maximum absolute atomic E-state index is 5.38. The minimum Gasteiger partial charge on any atom is -0.339 e. The van der Waals surface area contributed by atoms with Crippen LogP contribution in [0.25, 0.3) is 0 Å². The molecule has 1 saturated heterocycles. The molecule has 4 nitrogen and oxygen atoms in total. The van der Waals surface area contributed by atoms with Crippen molar-refractivity contribution in [2.75, 3.05) is 13.1 Å². The van der Waals surface area contributed by atoms with Crippen LogP contribution in [0, 0.1) is 0 Å². The topological polar surface area (TPSA) is 51.0 Å². The van der Waals surface area contributed by atoms with Crippen LogP contribution in [-0.2, 0) is 5.75 Å². The second-order valence-corrected chi connectivity index (χ2v) is 5.74. The molecule has 0 saturated carbocycles. The third kappa shape index (κ3) is 3.36. The van der Waals surface area contributed by atoms with E-state index in [1.807, 2.05) is 18.2 Å². The quantitative estimate of drug-likeness (QED) is 0.870. The molecule has 3 rings (SSSR count). The molecule has 1 aliphatic heterocycles. The Bertz CT molecular complexity index is 508. The standard InChI is InChI=1S/C14H17N3OS/c1-2-6-12(7-3-1)19-10-13-16-14(18-17-13)11-5-4-8-15-9-11/h1-3,6-7,11,15H,4-5,8-10H2/t11-/m1/s1. The molecular formula is C14H17N3OS. The highest BCUT2D eigenvalue weighted by Gasteiger charge is 2.21. The van der Waals surface area contributed by atoms with Gasteiger partial charge in [0, 0.05) is 11.4 Å². The van der Waals surface area contributed by atoms with Crippen molar-refractivity contribution >= 4 is 11.8 Å². The number of hydrogen-bond acceptors (Lipinski definition) is 5. The van der Waals surface area contributed by atoms with Crippen molar-refractivity contribution in [3.8, 4) is 0 Å². The van der Waals surface area contributed by atoms with E-state index in [-0.39, 0.29) is 0 Å². The van der Waals surface area contributed by atoms with Crippen LogP contribution < -0.4 is 5.32 Å². The van der Waals surface area contributed by atoms with Gasteiger partial charge in [0.25, 0.3) is 0 Å². The second kappa shape index (κ2) is 6.21. The van der Waals surface area contributed by atoms with Crippen LogP contribution in [0.2, 0.25) is 0 Å². The highest BCUT2D eigenvalue weighted by atomic mass is 32.2. The zero-order chi connectivity index (χ0) is 12.9. The molecule has 100 valence electrons. The maximum Gasteiger partial charge on any atom is 0.231 e. The largest absolute Gasteiger partial charge is 0.339 e. The number of rotatable bonds is 4. The minimum atomic E-state index is 0.386. The molecule has 0 spiro atoms. The number of nitrogens with zero attached hydrogens (tertiary/aromatic N) is 2. The number of benzene rings is 1. The lowest BCUT2D eigenvalue weighted by Crippen LogP contribution is -2.28. The summed E-state index contributed by atoms with van der Waals surface area (Å²) in [6, 6.07) is 10.3. The second-order valence-electron chi connectivity index (χ2n) is 4.69. The fourth-order valence-corrected chi connectivity index (χ4v) is 2.98. The Balaban J connectivity index is 1.58. The lowest BCUT2D eigenvalue weighted by atomic mass is 10.00. The molecule has 0 unspecified atom stereocenters. The van der Waals surface area contributed by atoms with Gasteiger partial charge in [-0.25, -0.2) is 0 Å². The Morgan fingerprint density at radius 3 is 3.00 bits per heavy atom. The highest BCUT2D eigenvalue weighted by Crippen LogP contribution is 2.24. The van der Waals surface area contributed by atoms with Gasteiger partial charge in [-0.05, 0) is 31.5 Å². The van der Waals surface area contributed by atoms with Crippen LogP contribution in [0.1, 0.15) is 30.5 Å². The average Bonchev–Trinajstić information content (AvgIpc) is 2.96. The van der Waals surface area contributed by atoms with Crippen molar-refractivity contribution in [1.82, 2.24) is 15.5 Å². The van der Waals surface area contributed by atoms with Gasteiger partial charge in [0.05, 0.1) is 11.7 Å². The van der Waals surface area contributed by atoms with E-state index in [0.29, 0.717) is 5.92 Å². The Hall–Kier alpha value is -1.33. The predicted molar refractivity (Wildman–Crippen MR) is 75.1 cm³/mol. The summed E-state index contributed by atoms with van der Waals surface area (Å²) >= 11 is 1.73. The van der Waals surface area contributed by atoms with Gasteiger partial charge in [-0.3, -0.25) is 0 Å². The van der Waals surface area contributed by atoms with Gasteiger partial charge in [0.1, 0.15) is 0 Å². The summed E-state index contributed by atoms with van der Waals surface area (Å²) in [6.45, 7) is 2.05. The SMILES string of the molecule is c1ccc(SCc2noc([C@@H]3CCCNC3)n2)cc1. The number of aromatic nitrogens is 2. The molecule has 1 aromatic carbocycles.